The molecular weight excluding hydrogens is 246 g/mol. The van der Waals surface area contributed by atoms with Crippen LogP contribution in [0, 0.1) is 16.0 Å². The molecule has 0 spiro atoms. The zero-order chi connectivity index (χ0) is 14.4. The third kappa shape index (κ3) is 4.92. The molecule has 0 bridgehead atoms. The number of nitro groups is 1. The fourth-order valence-electron chi connectivity index (χ4n) is 1.40. The Morgan fingerprint density at radius 2 is 2.26 bits per heavy atom. The van der Waals surface area contributed by atoms with Gasteiger partial charge in [0.05, 0.1) is 4.92 Å². The van der Waals surface area contributed by atoms with Gasteiger partial charge >= 0.3 is 0 Å². The minimum atomic E-state index is -0.509. The summed E-state index contributed by atoms with van der Waals surface area (Å²) in [5.74, 6) is 6.74. The second-order valence-corrected chi connectivity index (χ2v) is 4.68. The van der Waals surface area contributed by atoms with Crippen molar-refractivity contribution in [1.82, 2.24) is 4.98 Å². The van der Waals surface area contributed by atoms with Crippen LogP contribution in [0.2, 0.25) is 0 Å². The standard InChI is InChI=1S/C12H19N5O2/c1-9(2)3-4-10(13)8-16(14)12-6-5-11(7-15-12)17(18)19/h5-9H,3-4,13-14H2,1-2H3/b10-8-. The summed E-state index contributed by atoms with van der Waals surface area (Å²) in [4.78, 5) is 13.9. The Labute approximate surface area is 112 Å². The van der Waals surface area contributed by atoms with Crippen LogP contribution in [0.4, 0.5) is 11.5 Å². The van der Waals surface area contributed by atoms with Gasteiger partial charge in [-0.25, -0.2) is 10.8 Å². The maximum Gasteiger partial charge on any atom is 0.287 e. The minimum Gasteiger partial charge on any atom is -0.401 e. The van der Waals surface area contributed by atoms with E-state index in [9.17, 15) is 10.1 Å². The molecule has 1 aromatic heterocycles. The summed E-state index contributed by atoms with van der Waals surface area (Å²) in [7, 11) is 0. The van der Waals surface area contributed by atoms with Gasteiger partial charge < -0.3 is 5.73 Å². The molecule has 0 aliphatic heterocycles. The van der Waals surface area contributed by atoms with Gasteiger partial charge in [-0.1, -0.05) is 13.8 Å². The first-order valence-corrected chi connectivity index (χ1v) is 6.00. The van der Waals surface area contributed by atoms with E-state index < -0.39 is 4.92 Å². The second kappa shape index (κ2) is 6.69. The number of nitrogens with two attached hydrogens (primary N) is 2. The molecule has 0 radical (unpaired) electrons. The average Bonchev–Trinajstić information content (AvgIpc) is 2.36. The Hall–Kier alpha value is -2.15. The largest absolute Gasteiger partial charge is 0.401 e. The van der Waals surface area contributed by atoms with Crippen molar-refractivity contribution in [2.45, 2.75) is 26.7 Å². The number of anilines is 1. The van der Waals surface area contributed by atoms with Gasteiger partial charge in [0.1, 0.15) is 12.0 Å². The van der Waals surface area contributed by atoms with Crippen molar-refractivity contribution in [3.05, 3.63) is 40.3 Å². The molecule has 19 heavy (non-hydrogen) atoms. The number of hydrazine groups is 1. The molecule has 1 rings (SSSR count). The third-order valence-corrected chi connectivity index (χ3v) is 2.52. The van der Waals surface area contributed by atoms with Crippen molar-refractivity contribution in [3.8, 4) is 0 Å². The molecule has 1 heterocycles. The maximum absolute atomic E-state index is 10.5. The SMILES string of the molecule is CC(C)CC/C(N)=C/N(N)c1ccc([N+](=O)[O-])cn1. The highest BCUT2D eigenvalue weighted by molar-refractivity contribution is 5.44. The number of rotatable bonds is 6. The van der Waals surface area contributed by atoms with Gasteiger partial charge in [0.15, 0.2) is 0 Å². The Morgan fingerprint density at radius 1 is 1.58 bits per heavy atom. The van der Waals surface area contributed by atoms with Crippen LogP contribution in [0.3, 0.4) is 0 Å². The highest BCUT2D eigenvalue weighted by Crippen LogP contribution is 2.15. The molecule has 0 aromatic carbocycles. The van der Waals surface area contributed by atoms with Crippen LogP contribution < -0.4 is 16.6 Å². The van der Waals surface area contributed by atoms with E-state index in [1.807, 2.05) is 0 Å². The Bertz CT molecular complexity index is 456. The van der Waals surface area contributed by atoms with E-state index in [1.165, 1.54) is 17.1 Å². The molecule has 0 saturated heterocycles. The first kappa shape index (κ1) is 14.9. The number of aromatic nitrogens is 1. The minimum absolute atomic E-state index is 0.0751. The molecule has 104 valence electrons. The highest BCUT2D eigenvalue weighted by Gasteiger charge is 2.07. The second-order valence-electron chi connectivity index (χ2n) is 4.68. The molecule has 0 fully saturated rings. The van der Waals surface area contributed by atoms with Crippen molar-refractivity contribution >= 4 is 11.5 Å². The predicted octanol–water partition coefficient (Wildman–Crippen LogP) is 1.91. The number of nitrogens with zero attached hydrogens (tertiary/aromatic N) is 3. The lowest BCUT2D eigenvalue weighted by Crippen LogP contribution is -2.26. The molecule has 0 saturated carbocycles. The normalized spacial score (nSPS) is 11.7. The van der Waals surface area contributed by atoms with Crippen molar-refractivity contribution in [1.29, 1.82) is 0 Å². The lowest BCUT2D eigenvalue weighted by molar-refractivity contribution is -0.385. The lowest BCUT2D eigenvalue weighted by Gasteiger charge is -2.14. The van der Waals surface area contributed by atoms with Crippen LogP contribution in [0.25, 0.3) is 0 Å². The summed E-state index contributed by atoms with van der Waals surface area (Å²) in [5.41, 5.74) is 6.42. The van der Waals surface area contributed by atoms with Gasteiger partial charge in [-0.05, 0) is 24.8 Å². The molecule has 0 aliphatic carbocycles. The third-order valence-electron chi connectivity index (χ3n) is 2.52. The summed E-state index contributed by atoms with van der Waals surface area (Å²) in [6.07, 6.45) is 4.46. The molecule has 7 nitrogen and oxygen atoms in total. The van der Waals surface area contributed by atoms with Crippen molar-refractivity contribution in [2.75, 3.05) is 5.01 Å². The molecule has 0 aliphatic rings. The molecule has 7 heteroatoms. The van der Waals surface area contributed by atoms with Crippen LogP contribution in [0.5, 0.6) is 0 Å². The van der Waals surface area contributed by atoms with E-state index in [0.717, 1.165) is 19.0 Å². The Balaban J connectivity index is 2.69. The number of allylic oxidation sites excluding steroid dienone is 1. The lowest BCUT2D eigenvalue weighted by atomic mass is 10.1. The fraction of sp³-hybridized carbons (Fsp3) is 0.417. The summed E-state index contributed by atoms with van der Waals surface area (Å²) >= 11 is 0. The summed E-state index contributed by atoms with van der Waals surface area (Å²) in [6, 6.07) is 2.82. The van der Waals surface area contributed by atoms with Gasteiger partial charge in [-0.2, -0.15) is 0 Å². The van der Waals surface area contributed by atoms with Gasteiger partial charge in [0, 0.05) is 18.0 Å². The average molecular weight is 265 g/mol. The summed E-state index contributed by atoms with van der Waals surface area (Å²) in [6.45, 7) is 4.23. The van der Waals surface area contributed by atoms with E-state index >= 15 is 0 Å². The van der Waals surface area contributed by atoms with E-state index in [1.54, 1.807) is 6.20 Å². The smallest absolute Gasteiger partial charge is 0.287 e. The first-order valence-electron chi connectivity index (χ1n) is 6.00. The summed E-state index contributed by atoms with van der Waals surface area (Å²) in [5, 5.41) is 11.8. The number of hydrogen-bond donors (Lipinski definition) is 2. The zero-order valence-electron chi connectivity index (χ0n) is 11.1. The van der Waals surface area contributed by atoms with Gasteiger partial charge in [0.2, 0.25) is 0 Å². The molecule has 1 aromatic rings. The van der Waals surface area contributed by atoms with E-state index in [-0.39, 0.29) is 5.69 Å². The predicted molar refractivity (Wildman–Crippen MR) is 73.9 cm³/mol. The van der Waals surface area contributed by atoms with Crippen molar-refractivity contribution in [2.24, 2.45) is 17.5 Å². The van der Waals surface area contributed by atoms with Crippen LogP contribution in [0.1, 0.15) is 26.7 Å². The molecular formula is C12H19N5O2. The van der Waals surface area contributed by atoms with E-state index in [0.29, 0.717) is 17.4 Å². The quantitative estimate of drug-likeness (QED) is 0.461. The maximum atomic E-state index is 10.5. The Morgan fingerprint density at radius 3 is 2.74 bits per heavy atom. The molecule has 0 unspecified atom stereocenters. The van der Waals surface area contributed by atoms with Crippen LogP contribution >= 0.6 is 0 Å². The highest BCUT2D eigenvalue weighted by atomic mass is 16.6. The van der Waals surface area contributed by atoms with Gasteiger partial charge in [-0.15, -0.1) is 0 Å². The molecule has 0 amide bonds. The molecule has 0 atom stereocenters. The monoisotopic (exact) mass is 265 g/mol. The van der Waals surface area contributed by atoms with Gasteiger partial charge in [0.25, 0.3) is 5.69 Å². The van der Waals surface area contributed by atoms with Crippen molar-refractivity contribution in [3.63, 3.8) is 0 Å². The number of pyridine rings is 1. The van der Waals surface area contributed by atoms with E-state index in [4.69, 9.17) is 11.6 Å². The molecule has 4 N–H and O–H groups in total. The first-order chi connectivity index (χ1) is 8.90. The van der Waals surface area contributed by atoms with Gasteiger partial charge in [-0.3, -0.25) is 15.1 Å². The van der Waals surface area contributed by atoms with E-state index in [2.05, 4.69) is 18.8 Å². The fourth-order valence-corrected chi connectivity index (χ4v) is 1.40. The number of hydrogen-bond acceptors (Lipinski definition) is 6. The summed E-state index contributed by atoms with van der Waals surface area (Å²) < 4.78 is 0. The van der Waals surface area contributed by atoms with Crippen molar-refractivity contribution < 1.29 is 4.92 Å². The zero-order valence-corrected chi connectivity index (χ0v) is 11.1. The Kier molecular flexibility index (Phi) is 5.25. The van der Waals surface area contributed by atoms with Crippen LogP contribution in [-0.4, -0.2) is 9.91 Å². The van der Waals surface area contributed by atoms with Crippen LogP contribution in [0.15, 0.2) is 30.2 Å². The van der Waals surface area contributed by atoms with Crippen LogP contribution in [-0.2, 0) is 0 Å². The topological polar surface area (TPSA) is 111 Å².